The number of halogens is 2. The quantitative estimate of drug-likeness (QED) is 0.885. The summed E-state index contributed by atoms with van der Waals surface area (Å²) in [5, 5.41) is 9.69. The van der Waals surface area contributed by atoms with Crippen molar-refractivity contribution >= 4 is 35.1 Å². The SMILES string of the molecule is CC1CC(=O)Nc2c1c(NC(=O)c1ccc(F)cc1Cl)nn2C. The molecule has 3 rings (SSSR count). The fourth-order valence-corrected chi connectivity index (χ4v) is 2.91. The summed E-state index contributed by atoms with van der Waals surface area (Å²) < 4.78 is 14.6. The molecule has 2 amide bonds. The molecule has 0 aliphatic carbocycles. The minimum Gasteiger partial charge on any atom is -0.311 e. The van der Waals surface area contributed by atoms with Gasteiger partial charge >= 0.3 is 0 Å². The van der Waals surface area contributed by atoms with Crippen LogP contribution in [0.3, 0.4) is 0 Å². The van der Waals surface area contributed by atoms with Gasteiger partial charge in [0.05, 0.1) is 10.6 Å². The van der Waals surface area contributed by atoms with Gasteiger partial charge in [-0.15, -0.1) is 0 Å². The number of amides is 2. The fraction of sp³-hybridized carbons (Fsp3) is 0.267. The molecule has 1 aliphatic rings. The van der Waals surface area contributed by atoms with E-state index in [-0.39, 0.29) is 22.4 Å². The molecule has 0 spiro atoms. The molecule has 0 saturated carbocycles. The lowest BCUT2D eigenvalue weighted by Crippen LogP contribution is -2.23. The molecule has 0 saturated heterocycles. The Morgan fingerprint density at radius 2 is 2.26 bits per heavy atom. The van der Waals surface area contributed by atoms with E-state index in [1.807, 2.05) is 6.92 Å². The summed E-state index contributed by atoms with van der Waals surface area (Å²) in [5.74, 6) is -0.244. The van der Waals surface area contributed by atoms with Crippen LogP contribution in [0.25, 0.3) is 0 Å². The van der Waals surface area contributed by atoms with Crippen molar-refractivity contribution < 1.29 is 14.0 Å². The summed E-state index contributed by atoms with van der Waals surface area (Å²) in [6.07, 6.45) is 0.318. The number of aromatic nitrogens is 2. The molecular weight excluding hydrogens is 323 g/mol. The molecule has 1 aliphatic heterocycles. The minimum absolute atomic E-state index is 0.0219. The molecule has 1 unspecified atom stereocenters. The van der Waals surface area contributed by atoms with Crippen LogP contribution in [0, 0.1) is 5.82 Å². The molecule has 120 valence electrons. The Morgan fingerprint density at radius 3 is 2.96 bits per heavy atom. The summed E-state index contributed by atoms with van der Waals surface area (Å²) in [5.41, 5.74) is 0.915. The Hall–Kier alpha value is -2.41. The van der Waals surface area contributed by atoms with Crippen molar-refractivity contribution in [3.63, 3.8) is 0 Å². The lowest BCUT2D eigenvalue weighted by Gasteiger charge is -2.20. The number of hydrogen-bond acceptors (Lipinski definition) is 3. The van der Waals surface area contributed by atoms with E-state index < -0.39 is 11.7 Å². The molecule has 1 atom stereocenters. The van der Waals surface area contributed by atoms with E-state index in [1.165, 1.54) is 10.7 Å². The van der Waals surface area contributed by atoms with E-state index in [0.717, 1.165) is 17.7 Å². The molecule has 8 heteroatoms. The van der Waals surface area contributed by atoms with Crippen molar-refractivity contribution in [2.75, 3.05) is 10.6 Å². The van der Waals surface area contributed by atoms with Gasteiger partial charge in [0.15, 0.2) is 5.82 Å². The maximum Gasteiger partial charge on any atom is 0.258 e. The molecule has 2 N–H and O–H groups in total. The number of nitrogens with one attached hydrogen (secondary N) is 2. The highest BCUT2D eigenvalue weighted by molar-refractivity contribution is 6.34. The first-order valence-corrected chi connectivity index (χ1v) is 7.37. The second kappa shape index (κ2) is 5.66. The van der Waals surface area contributed by atoms with E-state index in [0.29, 0.717) is 18.1 Å². The van der Waals surface area contributed by atoms with E-state index in [4.69, 9.17) is 11.6 Å². The van der Waals surface area contributed by atoms with Gasteiger partial charge in [-0.2, -0.15) is 5.10 Å². The molecule has 1 aromatic carbocycles. The third-order valence-corrected chi connectivity index (χ3v) is 4.05. The Bertz CT molecular complexity index is 818. The standard InChI is InChI=1S/C15H14ClFN4O2/c1-7-5-11(22)18-14-12(7)13(20-21(14)2)19-15(23)9-4-3-8(17)6-10(9)16/h3-4,6-7H,5H2,1-2H3,(H,18,22)(H,19,20,23). The molecule has 2 aromatic rings. The summed E-state index contributed by atoms with van der Waals surface area (Å²) in [4.78, 5) is 24.0. The smallest absolute Gasteiger partial charge is 0.258 e. The number of carbonyl (C=O) groups excluding carboxylic acids is 2. The van der Waals surface area contributed by atoms with Gasteiger partial charge in [-0.3, -0.25) is 14.3 Å². The number of aryl methyl sites for hydroxylation is 1. The van der Waals surface area contributed by atoms with E-state index in [9.17, 15) is 14.0 Å². The molecule has 0 fully saturated rings. The first-order chi connectivity index (χ1) is 10.9. The molecule has 0 bridgehead atoms. The molecule has 1 aromatic heterocycles. The van der Waals surface area contributed by atoms with Gasteiger partial charge in [0.2, 0.25) is 5.91 Å². The van der Waals surface area contributed by atoms with Crippen LogP contribution < -0.4 is 10.6 Å². The molecule has 23 heavy (non-hydrogen) atoms. The molecule has 6 nitrogen and oxygen atoms in total. The van der Waals surface area contributed by atoms with E-state index >= 15 is 0 Å². The second-order valence-electron chi connectivity index (χ2n) is 5.47. The van der Waals surface area contributed by atoms with Crippen molar-refractivity contribution in [3.05, 3.63) is 40.2 Å². The van der Waals surface area contributed by atoms with Crippen molar-refractivity contribution in [1.82, 2.24) is 9.78 Å². The summed E-state index contributed by atoms with van der Waals surface area (Å²) in [6.45, 7) is 1.89. The van der Waals surface area contributed by atoms with Gasteiger partial charge in [-0.25, -0.2) is 4.39 Å². The summed E-state index contributed by atoms with van der Waals surface area (Å²) in [7, 11) is 1.68. The number of carbonyl (C=O) groups is 2. The van der Waals surface area contributed by atoms with Crippen LogP contribution in [0.15, 0.2) is 18.2 Å². The largest absolute Gasteiger partial charge is 0.311 e. The molecule has 2 heterocycles. The predicted octanol–water partition coefficient (Wildman–Crippen LogP) is 2.91. The van der Waals surface area contributed by atoms with Crippen LogP contribution >= 0.6 is 11.6 Å². The lowest BCUT2D eigenvalue weighted by molar-refractivity contribution is -0.116. The highest BCUT2D eigenvalue weighted by Gasteiger charge is 2.30. The number of benzene rings is 1. The highest BCUT2D eigenvalue weighted by Crippen LogP contribution is 2.37. The maximum atomic E-state index is 13.1. The zero-order chi connectivity index (χ0) is 16.7. The number of hydrogen-bond donors (Lipinski definition) is 2. The normalized spacial score (nSPS) is 16.7. The van der Waals surface area contributed by atoms with Crippen molar-refractivity contribution in [3.8, 4) is 0 Å². The van der Waals surface area contributed by atoms with Crippen LogP contribution in [0.4, 0.5) is 16.0 Å². The third-order valence-electron chi connectivity index (χ3n) is 3.73. The summed E-state index contributed by atoms with van der Waals surface area (Å²) >= 11 is 5.90. The topological polar surface area (TPSA) is 76.0 Å². The average Bonchev–Trinajstić information content (AvgIpc) is 2.75. The zero-order valence-electron chi connectivity index (χ0n) is 12.5. The van der Waals surface area contributed by atoms with Crippen molar-refractivity contribution in [2.45, 2.75) is 19.3 Å². The van der Waals surface area contributed by atoms with Gasteiger partial charge in [-0.1, -0.05) is 18.5 Å². The second-order valence-corrected chi connectivity index (χ2v) is 5.87. The van der Waals surface area contributed by atoms with Crippen LogP contribution in [0.1, 0.15) is 35.2 Å². The van der Waals surface area contributed by atoms with Crippen LogP contribution in [0.5, 0.6) is 0 Å². The third kappa shape index (κ3) is 2.79. The van der Waals surface area contributed by atoms with Crippen LogP contribution in [-0.4, -0.2) is 21.6 Å². The Balaban J connectivity index is 1.93. The Labute approximate surface area is 136 Å². The van der Waals surface area contributed by atoms with E-state index in [2.05, 4.69) is 15.7 Å². The van der Waals surface area contributed by atoms with Crippen LogP contribution in [0.2, 0.25) is 5.02 Å². The minimum atomic E-state index is -0.516. The van der Waals surface area contributed by atoms with Crippen molar-refractivity contribution in [1.29, 1.82) is 0 Å². The predicted molar refractivity (Wildman–Crippen MR) is 84.2 cm³/mol. The van der Waals surface area contributed by atoms with Crippen molar-refractivity contribution in [2.24, 2.45) is 7.05 Å². The monoisotopic (exact) mass is 336 g/mol. The Kier molecular flexibility index (Phi) is 3.81. The first kappa shape index (κ1) is 15.5. The number of anilines is 2. The number of fused-ring (bicyclic) bond motifs is 1. The number of nitrogens with zero attached hydrogens (tertiary/aromatic N) is 2. The summed E-state index contributed by atoms with van der Waals surface area (Å²) in [6, 6.07) is 3.55. The highest BCUT2D eigenvalue weighted by atomic mass is 35.5. The van der Waals surface area contributed by atoms with Crippen LogP contribution in [-0.2, 0) is 11.8 Å². The fourth-order valence-electron chi connectivity index (χ4n) is 2.66. The molecule has 0 radical (unpaired) electrons. The lowest BCUT2D eigenvalue weighted by atomic mass is 9.95. The first-order valence-electron chi connectivity index (χ1n) is 7.00. The average molecular weight is 337 g/mol. The van der Waals surface area contributed by atoms with Gasteiger partial charge in [0.1, 0.15) is 11.6 Å². The maximum absolute atomic E-state index is 13.1. The van der Waals surface area contributed by atoms with E-state index in [1.54, 1.807) is 7.05 Å². The molecular formula is C15H14ClFN4O2. The zero-order valence-corrected chi connectivity index (χ0v) is 13.2. The van der Waals surface area contributed by atoms with Gasteiger partial charge in [0, 0.05) is 19.0 Å². The van der Waals surface area contributed by atoms with Gasteiger partial charge in [-0.05, 0) is 24.1 Å². The van der Waals surface area contributed by atoms with Gasteiger partial charge in [0.25, 0.3) is 5.91 Å². The number of rotatable bonds is 2. The Morgan fingerprint density at radius 1 is 1.52 bits per heavy atom. The van der Waals surface area contributed by atoms with Gasteiger partial charge < -0.3 is 10.6 Å².